The molecule has 0 radical (unpaired) electrons. The molecule has 0 N–H and O–H groups in total. The van der Waals surface area contributed by atoms with Gasteiger partial charge in [-0.05, 0) is 18.2 Å². The second kappa shape index (κ2) is 7.48. The summed E-state index contributed by atoms with van der Waals surface area (Å²) in [7, 11) is 0. The number of nitrogens with zero attached hydrogens (tertiary/aromatic N) is 3. The summed E-state index contributed by atoms with van der Waals surface area (Å²) in [5, 5.41) is 0. The number of likely N-dealkylation sites (tertiary alicyclic amines) is 1. The number of aromatic nitrogens is 1. The average molecular weight is 375 g/mol. The van der Waals surface area contributed by atoms with Crippen LogP contribution in [0.15, 0.2) is 48.7 Å². The summed E-state index contributed by atoms with van der Waals surface area (Å²) in [6.45, 7) is -0.867. The highest BCUT2D eigenvalue weighted by Crippen LogP contribution is 2.30. The zero-order valence-corrected chi connectivity index (χ0v) is 14.5. The third kappa shape index (κ3) is 3.85. The van der Waals surface area contributed by atoms with E-state index in [1.807, 2.05) is 18.2 Å². The molecule has 2 aliphatic heterocycles. The Hall–Kier alpha value is -2.74. The van der Waals surface area contributed by atoms with Gasteiger partial charge in [0.2, 0.25) is 0 Å². The first-order chi connectivity index (χ1) is 13.1. The van der Waals surface area contributed by atoms with Crippen molar-refractivity contribution in [3.8, 4) is 5.75 Å². The van der Waals surface area contributed by atoms with Crippen molar-refractivity contribution < 1.29 is 23.0 Å². The molecule has 2 aromatic rings. The predicted molar refractivity (Wildman–Crippen MR) is 92.2 cm³/mol. The number of amides is 1. The van der Waals surface area contributed by atoms with Crippen LogP contribution >= 0.6 is 0 Å². The zero-order chi connectivity index (χ0) is 18.8. The Labute approximate surface area is 155 Å². The smallest absolute Gasteiger partial charge is 0.410 e. The molecule has 2 aliphatic rings. The fourth-order valence-corrected chi connectivity index (χ4v) is 3.64. The molecular weight excluding hydrogens is 356 g/mol. The van der Waals surface area contributed by atoms with Crippen molar-refractivity contribution in [2.45, 2.75) is 31.8 Å². The average Bonchev–Trinajstić information content (AvgIpc) is 3.15. The lowest BCUT2D eigenvalue weighted by Gasteiger charge is -2.22. The van der Waals surface area contributed by atoms with Gasteiger partial charge in [-0.3, -0.25) is 14.8 Å². The Morgan fingerprint density at radius 2 is 1.96 bits per heavy atom. The van der Waals surface area contributed by atoms with Gasteiger partial charge in [-0.25, -0.2) is 4.79 Å². The molecule has 1 amide bonds. The number of alkyl halides is 2. The van der Waals surface area contributed by atoms with Crippen molar-refractivity contribution in [3.05, 3.63) is 59.9 Å². The molecule has 1 aromatic heterocycles. The molecule has 3 heterocycles. The normalized spacial score (nSPS) is 22.2. The predicted octanol–water partition coefficient (Wildman–Crippen LogP) is 2.89. The molecule has 4 rings (SSSR count). The number of rotatable bonds is 6. The van der Waals surface area contributed by atoms with E-state index in [0.717, 1.165) is 5.69 Å². The van der Waals surface area contributed by atoms with E-state index in [1.165, 1.54) is 6.07 Å². The number of para-hydroxylation sites is 1. The monoisotopic (exact) mass is 375 g/mol. The van der Waals surface area contributed by atoms with Crippen LogP contribution in [-0.2, 0) is 17.8 Å². The number of carbonyl (C=O) groups excluding carboxylic acids is 1. The first-order valence-electron chi connectivity index (χ1n) is 8.72. The molecule has 0 saturated carbocycles. The molecule has 6 nitrogen and oxygen atoms in total. The number of carbonyl (C=O) groups is 1. The molecular formula is C19H19F2N3O3. The number of fused-ring (bicyclic) bond motifs is 1. The van der Waals surface area contributed by atoms with Crippen LogP contribution < -0.4 is 4.74 Å². The maximum Gasteiger partial charge on any atom is 0.410 e. The molecule has 27 heavy (non-hydrogen) atoms. The van der Waals surface area contributed by atoms with Crippen LogP contribution in [0, 0.1) is 0 Å². The highest BCUT2D eigenvalue weighted by atomic mass is 19.3. The van der Waals surface area contributed by atoms with Gasteiger partial charge in [0.25, 0.3) is 0 Å². The van der Waals surface area contributed by atoms with Crippen molar-refractivity contribution in [1.82, 2.24) is 14.8 Å². The minimum absolute atomic E-state index is 0.0808. The highest BCUT2D eigenvalue weighted by molar-refractivity contribution is 5.71. The summed E-state index contributed by atoms with van der Waals surface area (Å²) < 4.78 is 35.3. The van der Waals surface area contributed by atoms with E-state index < -0.39 is 6.61 Å². The Bertz CT molecular complexity index is 806. The first-order valence-corrected chi connectivity index (χ1v) is 8.72. The Morgan fingerprint density at radius 3 is 2.74 bits per heavy atom. The molecule has 2 atom stereocenters. The van der Waals surface area contributed by atoms with Crippen molar-refractivity contribution in [3.63, 3.8) is 0 Å². The van der Waals surface area contributed by atoms with Crippen molar-refractivity contribution in [2.24, 2.45) is 0 Å². The fraction of sp³-hybridized carbons (Fsp3) is 0.368. The van der Waals surface area contributed by atoms with Crippen molar-refractivity contribution >= 4 is 6.09 Å². The lowest BCUT2D eigenvalue weighted by atomic mass is 10.2. The van der Waals surface area contributed by atoms with E-state index in [4.69, 9.17) is 4.74 Å². The van der Waals surface area contributed by atoms with Crippen LogP contribution in [0.25, 0.3) is 0 Å². The van der Waals surface area contributed by atoms with E-state index in [-0.39, 0.29) is 24.0 Å². The number of hydrogen-bond donors (Lipinski definition) is 0. The molecule has 8 heteroatoms. The van der Waals surface area contributed by atoms with Gasteiger partial charge in [-0.2, -0.15) is 8.78 Å². The topological polar surface area (TPSA) is 54.9 Å². The zero-order valence-electron chi connectivity index (χ0n) is 14.5. The fourth-order valence-electron chi connectivity index (χ4n) is 3.64. The molecule has 0 bridgehead atoms. The van der Waals surface area contributed by atoms with Gasteiger partial charge in [-0.1, -0.05) is 24.3 Å². The molecule has 0 aliphatic carbocycles. The van der Waals surface area contributed by atoms with Gasteiger partial charge in [0.05, 0.1) is 18.3 Å². The number of pyridine rings is 1. The SMILES string of the molecule is O=C1O[C@@H]2CN(Cc3ccccc3OC(F)F)C[C@@H]2N1Cc1ccccn1. The summed E-state index contributed by atoms with van der Waals surface area (Å²) >= 11 is 0. The summed E-state index contributed by atoms with van der Waals surface area (Å²) in [5.41, 5.74) is 1.48. The largest absolute Gasteiger partial charge is 0.442 e. The summed E-state index contributed by atoms with van der Waals surface area (Å²) in [4.78, 5) is 20.2. The van der Waals surface area contributed by atoms with E-state index >= 15 is 0 Å². The molecule has 2 saturated heterocycles. The molecule has 2 fully saturated rings. The van der Waals surface area contributed by atoms with Gasteiger partial charge >= 0.3 is 12.7 Å². The van der Waals surface area contributed by atoms with Gasteiger partial charge < -0.3 is 9.47 Å². The second-order valence-electron chi connectivity index (χ2n) is 6.62. The minimum atomic E-state index is -2.86. The summed E-state index contributed by atoms with van der Waals surface area (Å²) in [6.07, 6.45) is 1.12. The Kier molecular flexibility index (Phi) is 4.89. The van der Waals surface area contributed by atoms with Crippen LogP contribution in [-0.4, -0.2) is 52.7 Å². The van der Waals surface area contributed by atoms with E-state index in [9.17, 15) is 13.6 Å². The molecule has 0 unspecified atom stereocenters. The quantitative estimate of drug-likeness (QED) is 0.777. The van der Waals surface area contributed by atoms with Crippen LogP contribution in [0.4, 0.5) is 13.6 Å². The Morgan fingerprint density at radius 1 is 1.15 bits per heavy atom. The van der Waals surface area contributed by atoms with E-state index in [1.54, 1.807) is 29.3 Å². The summed E-state index contributed by atoms with van der Waals surface area (Å²) in [6, 6.07) is 12.2. The standard InChI is InChI=1S/C19H19F2N3O3/c20-18(21)26-16-7-2-1-5-13(16)9-23-11-15-17(12-23)27-19(25)24(15)10-14-6-3-4-8-22-14/h1-8,15,17-18H,9-12H2/t15-,17+/m0/s1. The number of benzene rings is 1. The molecule has 142 valence electrons. The summed E-state index contributed by atoms with van der Waals surface area (Å²) in [5.74, 6) is 0.173. The second-order valence-corrected chi connectivity index (χ2v) is 6.62. The van der Waals surface area contributed by atoms with Gasteiger partial charge in [0.1, 0.15) is 11.9 Å². The number of halogens is 2. The van der Waals surface area contributed by atoms with Crippen molar-refractivity contribution in [2.75, 3.05) is 13.1 Å². The van der Waals surface area contributed by atoms with E-state index in [0.29, 0.717) is 31.7 Å². The van der Waals surface area contributed by atoms with Gasteiger partial charge in [-0.15, -0.1) is 0 Å². The number of ether oxygens (including phenoxy) is 2. The number of hydrogen-bond acceptors (Lipinski definition) is 5. The maximum atomic E-state index is 12.6. The lowest BCUT2D eigenvalue weighted by molar-refractivity contribution is -0.0507. The van der Waals surface area contributed by atoms with Crippen LogP contribution in [0.3, 0.4) is 0 Å². The Balaban J connectivity index is 1.44. The van der Waals surface area contributed by atoms with Crippen LogP contribution in [0.1, 0.15) is 11.3 Å². The maximum absolute atomic E-state index is 12.6. The van der Waals surface area contributed by atoms with Gasteiger partial charge in [0.15, 0.2) is 0 Å². The van der Waals surface area contributed by atoms with Gasteiger partial charge in [0, 0.05) is 31.4 Å². The first kappa shape index (κ1) is 17.7. The van der Waals surface area contributed by atoms with Crippen LogP contribution in [0.2, 0.25) is 0 Å². The van der Waals surface area contributed by atoms with E-state index in [2.05, 4.69) is 14.6 Å². The third-order valence-electron chi connectivity index (χ3n) is 4.84. The van der Waals surface area contributed by atoms with Crippen LogP contribution in [0.5, 0.6) is 5.75 Å². The minimum Gasteiger partial charge on any atom is -0.442 e. The van der Waals surface area contributed by atoms with Crippen molar-refractivity contribution in [1.29, 1.82) is 0 Å². The third-order valence-corrected chi connectivity index (χ3v) is 4.84. The lowest BCUT2D eigenvalue weighted by Crippen LogP contribution is -2.37. The molecule has 1 aromatic carbocycles. The molecule has 0 spiro atoms. The highest BCUT2D eigenvalue weighted by Gasteiger charge is 2.47.